The van der Waals surface area contributed by atoms with Gasteiger partial charge in [0.25, 0.3) is 0 Å². The summed E-state index contributed by atoms with van der Waals surface area (Å²) in [5.74, 6) is 0.187. The van der Waals surface area contributed by atoms with Crippen molar-refractivity contribution in [3.63, 3.8) is 0 Å². The van der Waals surface area contributed by atoms with E-state index in [2.05, 4.69) is 5.32 Å². The average molecular weight is 361 g/mol. The average Bonchev–Trinajstić information content (AvgIpc) is 2.69. The first-order valence-electron chi connectivity index (χ1n) is 9.61. The van der Waals surface area contributed by atoms with Gasteiger partial charge in [-0.25, -0.2) is 9.18 Å². The van der Waals surface area contributed by atoms with Crippen LogP contribution in [0.3, 0.4) is 0 Å². The van der Waals surface area contributed by atoms with Gasteiger partial charge in [-0.05, 0) is 37.0 Å². The number of carbonyl (C=O) groups is 2. The maximum atomic E-state index is 13.6. The maximum absolute atomic E-state index is 13.6. The Labute approximate surface area is 154 Å². The molecule has 0 bridgehead atoms. The number of piperazine rings is 1. The summed E-state index contributed by atoms with van der Waals surface area (Å²) in [6.07, 6.45) is 5.55. The highest BCUT2D eigenvalue weighted by Crippen LogP contribution is 2.25. The van der Waals surface area contributed by atoms with Gasteiger partial charge in [-0.2, -0.15) is 0 Å². The van der Waals surface area contributed by atoms with E-state index in [1.54, 1.807) is 17.9 Å². The van der Waals surface area contributed by atoms with Crippen molar-refractivity contribution in [2.75, 3.05) is 26.2 Å². The van der Waals surface area contributed by atoms with Gasteiger partial charge in [-0.3, -0.25) is 4.79 Å². The number of hydrogen-bond acceptors (Lipinski definition) is 2. The molecule has 0 unspecified atom stereocenters. The molecule has 1 aliphatic carbocycles. The van der Waals surface area contributed by atoms with E-state index in [0.717, 1.165) is 31.2 Å². The molecule has 1 heterocycles. The lowest BCUT2D eigenvalue weighted by molar-refractivity contribution is -0.138. The highest BCUT2D eigenvalue weighted by molar-refractivity contribution is 5.79. The molecule has 0 aromatic heterocycles. The summed E-state index contributed by atoms with van der Waals surface area (Å²) in [5.41, 5.74) is 1.34. The highest BCUT2D eigenvalue weighted by Gasteiger charge is 2.29. The Kier molecular flexibility index (Phi) is 6.12. The smallest absolute Gasteiger partial charge is 0.317 e. The van der Waals surface area contributed by atoms with E-state index in [9.17, 15) is 14.0 Å². The third kappa shape index (κ3) is 4.54. The number of urea groups is 1. The van der Waals surface area contributed by atoms with Crippen molar-refractivity contribution in [3.05, 3.63) is 35.1 Å². The Morgan fingerprint density at radius 2 is 1.73 bits per heavy atom. The molecular formula is C20H28FN3O2. The van der Waals surface area contributed by atoms with Crippen LogP contribution in [0.25, 0.3) is 0 Å². The number of halogens is 1. The molecule has 3 amide bonds. The van der Waals surface area contributed by atoms with E-state index < -0.39 is 0 Å². The van der Waals surface area contributed by atoms with E-state index in [1.165, 1.54) is 12.5 Å². The summed E-state index contributed by atoms with van der Waals surface area (Å²) in [7, 11) is 0. The molecule has 1 N–H and O–H groups in total. The second-order valence-corrected chi connectivity index (χ2v) is 7.39. The Balaban J connectivity index is 1.44. The number of aryl methyl sites for hydroxylation is 1. The number of rotatable bonds is 3. The minimum absolute atomic E-state index is 0.157. The number of nitrogens with one attached hydrogen (secondary N) is 1. The molecule has 0 spiro atoms. The Hall–Kier alpha value is -2.11. The minimum Gasteiger partial charge on any atom is -0.339 e. The van der Waals surface area contributed by atoms with E-state index >= 15 is 0 Å². The molecule has 1 aromatic rings. The molecule has 2 aliphatic rings. The van der Waals surface area contributed by atoms with Crippen molar-refractivity contribution >= 4 is 11.9 Å². The number of hydrogen-bond donors (Lipinski definition) is 1. The lowest BCUT2D eigenvalue weighted by atomic mass is 9.88. The van der Waals surface area contributed by atoms with Gasteiger partial charge in [0.1, 0.15) is 5.82 Å². The van der Waals surface area contributed by atoms with Crippen LogP contribution in [0, 0.1) is 18.7 Å². The second kappa shape index (κ2) is 8.52. The summed E-state index contributed by atoms with van der Waals surface area (Å²) >= 11 is 0. The number of amides is 3. The molecular weight excluding hydrogens is 333 g/mol. The molecule has 26 heavy (non-hydrogen) atoms. The molecule has 0 radical (unpaired) electrons. The van der Waals surface area contributed by atoms with Crippen LogP contribution in [-0.4, -0.2) is 47.9 Å². The van der Waals surface area contributed by atoms with Gasteiger partial charge in [0.15, 0.2) is 0 Å². The minimum atomic E-state index is -0.258. The number of benzene rings is 1. The van der Waals surface area contributed by atoms with Crippen LogP contribution in [0.4, 0.5) is 9.18 Å². The molecule has 1 saturated carbocycles. The first kappa shape index (κ1) is 18.7. The van der Waals surface area contributed by atoms with Crippen LogP contribution >= 0.6 is 0 Å². The number of carbonyl (C=O) groups excluding carboxylic acids is 2. The first-order valence-corrected chi connectivity index (χ1v) is 9.61. The molecule has 1 saturated heterocycles. The fourth-order valence-electron chi connectivity index (χ4n) is 3.77. The van der Waals surface area contributed by atoms with Crippen molar-refractivity contribution in [3.8, 4) is 0 Å². The zero-order valence-electron chi connectivity index (χ0n) is 15.5. The van der Waals surface area contributed by atoms with Crippen LogP contribution in [0.1, 0.15) is 43.2 Å². The predicted octanol–water partition coefficient (Wildman–Crippen LogP) is 3.07. The largest absolute Gasteiger partial charge is 0.339 e. The van der Waals surface area contributed by atoms with Crippen LogP contribution in [0.15, 0.2) is 18.2 Å². The topological polar surface area (TPSA) is 52.7 Å². The van der Waals surface area contributed by atoms with E-state index in [0.29, 0.717) is 38.3 Å². The number of nitrogens with zero attached hydrogens (tertiary/aromatic N) is 2. The molecule has 6 heteroatoms. The summed E-state index contributed by atoms with van der Waals surface area (Å²) in [4.78, 5) is 28.5. The summed E-state index contributed by atoms with van der Waals surface area (Å²) in [6, 6.07) is 4.83. The van der Waals surface area contributed by atoms with E-state index in [-0.39, 0.29) is 23.7 Å². The highest BCUT2D eigenvalue weighted by atomic mass is 19.1. The lowest BCUT2D eigenvalue weighted by Crippen LogP contribution is -2.54. The monoisotopic (exact) mass is 361 g/mol. The van der Waals surface area contributed by atoms with Gasteiger partial charge in [-0.15, -0.1) is 0 Å². The van der Waals surface area contributed by atoms with Gasteiger partial charge < -0.3 is 15.1 Å². The molecule has 1 aliphatic heterocycles. The standard InChI is InChI=1S/C20H28FN3O2/c1-15-7-8-16(13-18(15)21)14-22-20(26)24-11-9-23(10-12-24)19(25)17-5-3-2-4-6-17/h7-8,13,17H,2-6,9-12,14H2,1H3,(H,22,26). The fraction of sp³-hybridized carbons (Fsp3) is 0.600. The SMILES string of the molecule is Cc1ccc(CNC(=O)N2CCN(C(=O)C3CCCCC3)CC2)cc1F. The van der Waals surface area contributed by atoms with Crippen molar-refractivity contribution < 1.29 is 14.0 Å². The molecule has 1 aromatic carbocycles. The van der Waals surface area contributed by atoms with Gasteiger partial charge in [0.05, 0.1) is 0 Å². The summed E-state index contributed by atoms with van der Waals surface area (Å²) < 4.78 is 13.6. The third-order valence-corrected chi connectivity index (χ3v) is 5.51. The van der Waals surface area contributed by atoms with E-state index in [4.69, 9.17) is 0 Å². The lowest BCUT2D eigenvalue weighted by Gasteiger charge is -2.37. The molecule has 5 nitrogen and oxygen atoms in total. The zero-order valence-corrected chi connectivity index (χ0v) is 15.5. The van der Waals surface area contributed by atoms with Crippen LogP contribution in [-0.2, 0) is 11.3 Å². The van der Waals surface area contributed by atoms with E-state index in [1.807, 2.05) is 11.0 Å². The molecule has 142 valence electrons. The maximum Gasteiger partial charge on any atom is 0.317 e. The normalized spacial score (nSPS) is 18.7. The van der Waals surface area contributed by atoms with Gasteiger partial charge in [0, 0.05) is 38.6 Å². The molecule has 3 rings (SSSR count). The summed E-state index contributed by atoms with van der Waals surface area (Å²) in [5, 5.41) is 2.84. The van der Waals surface area contributed by atoms with Crippen molar-refractivity contribution in [1.82, 2.24) is 15.1 Å². The van der Waals surface area contributed by atoms with Crippen molar-refractivity contribution in [1.29, 1.82) is 0 Å². The predicted molar refractivity (Wildman–Crippen MR) is 98.1 cm³/mol. The molecule has 2 fully saturated rings. The third-order valence-electron chi connectivity index (χ3n) is 5.51. The summed E-state index contributed by atoms with van der Waals surface area (Å²) in [6.45, 7) is 4.31. The van der Waals surface area contributed by atoms with Crippen molar-refractivity contribution in [2.45, 2.75) is 45.6 Å². The fourth-order valence-corrected chi connectivity index (χ4v) is 3.77. The van der Waals surface area contributed by atoms with Crippen molar-refractivity contribution in [2.24, 2.45) is 5.92 Å². The quantitative estimate of drug-likeness (QED) is 0.900. The first-order chi connectivity index (χ1) is 12.5. The van der Waals surface area contributed by atoms with Crippen LogP contribution in [0.2, 0.25) is 0 Å². The second-order valence-electron chi connectivity index (χ2n) is 7.39. The van der Waals surface area contributed by atoms with Gasteiger partial charge >= 0.3 is 6.03 Å². The Morgan fingerprint density at radius 3 is 2.38 bits per heavy atom. The van der Waals surface area contributed by atoms with Gasteiger partial charge in [0.2, 0.25) is 5.91 Å². The Bertz CT molecular complexity index is 650. The van der Waals surface area contributed by atoms with Crippen LogP contribution in [0.5, 0.6) is 0 Å². The Morgan fingerprint density at radius 1 is 1.08 bits per heavy atom. The van der Waals surface area contributed by atoms with Crippen LogP contribution < -0.4 is 5.32 Å². The van der Waals surface area contributed by atoms with Gasteiger partial charge in [-0.1, -0.05) is 31.4 Å². The molecule has 0 atom stereocenters. The zero-order chi connectivity index (χ0) is 18.5.